The van der Waals surface area contributed by atoms with E-state index in [1.54, 1.807) is 7.11 Å². The van der Waals surface area contributed by atoms with Crippen molar-refractivity contribution in [3.05, 3.63) is 29.8 Å². The van der Waals surface area contributed by atoms with Crippen molar-refractivity contribution in [2.24, 2.45) is 0 Å². The summed E-state index contributed by atoms with van der Waals surface area (Å²) in [5, 5.41) is 13.5. The molecule has 2 unspecified atom stereocenters. The van der Waals surface area contributed by atoms with Gasteiger partial charge in [-0.3, -0.25) is 0 Å². The molecule has 0 saturated heterocycles. The first-order valence-electron chi connectivity index (χ1n) is 6.72. The van der Waals surface area contributed by atoms with Crippen LogP contribution in [0.15, 0.2) is 24.3 Å². The van der Waals surface area contributed by atoms with E-state index in [1.807, 2.05) is 24.3 Å². The van der Waals surface area contributed by atoms with Gasteiger partial charge < -0.3 is 15.2 Å². The lowest BCUT2D eigenvalue weighted by atomic mass is 10.1. The van der Waals surface area contributed by atoms with Gasteiger partial charge in [-0.05, 0) is 31.0 Å². The summed E-state index contributed by atoms with van der Waals surface area (Å²) < 4.78 is 5.15. The molecule has 102 valence electrons. The minimum atomic E-state index is -0.482. The van der Waals surface area contributed by atoms with Crippen molar-refractivity contribution in [1.82, 2.24) is 5.32 Å². The van der Waals surface area contributed by atoms with E-state index in [0.717, 1.165) is 17.7 Å². The Morgan fingerprint density at radius 2 is 2.17 bits per heavy atom. The summed E-state index contributed by atoms with van der Waals surface area (Å²) in [5.74, 6) is 0.783. The molecule has 2 N–H and O–H groups in total. The summed E-state index contributed by atoms with van der Waals surface area (Å²) >= 11 is 0. The van der Waals surface area contributed by atoms with E-state index in [2.05, 4.69) is 19.2 Å². The van der Waals surface area contributed by atoms with Crippen molar-refractivity contribution in [3.63, 3.8) is 0 Å². The number of ether oxygens (including phenoxy) is 1. The number of nitrogens with one attached hydrogen (secondary N) is 1. The van der Waals surface area contributed by atoms with Crippen LogP contribution in [0.1, 0.15) is 44.8 Å². The van der Waals surface area contributed by atoms with E-state index in [0.29, 0.717) is 12.6 Å². The molecule has 2 atom stereocenters. The molecule has 3 heteroatoms. The molecule has 0 radical (unpaired) electrons. The van der Waals surface area contributed by atoms with E-state index in [9.17, 15) is 5.11 Å². The number of aliphatic hydroxyl groups is 1. The molecule has 0 bridgehead atoms. The number of aliphatic hydroxyl groups excluding tert-OH is 1. The van der Waals surface area contributed by atoms with Gasteiger partial charge in [0, 0.05) is 12.6 Å². The van der Waals surface area contributed by atoms with Crippen LogP contribution in [0.2, 0.25) is 0 Å². The van der Waals surface area contributed by atoms with E-state index < -0.39 is 6.10 Å². The number of hydrogen-bond donors (Lipinski definition) is 2. The predicted octanol–water partition coefficient (Wildman–Crippen LogP) is 2.90. The van der Waals surface area contributed by atoms with Crippen LogP contribution in [0.5, 0.6) is 5.75 Å². The van der Waals surface area contributed by atoms with Gasteiger partial charge in [-0.15, -0.1) is 0 Å². The molecule has 0 aliphatic rings. The lowest BCUT2D eigenvalue weighted by molar-refractivity contribution is 0.169. The molecule has 0 aliphatic carbocycles. The van der Waals surface area contributed by atoms with Gasteiger partial charge in [-0.25, -0.2) is 0 Å². The van der Waals surface area contributed by atoms with Gasteiger partial charge in [0.1, 0.15) is 5.75 Å². The molecule has 0 aliphatic heterocycles. The van der Waals surface area contributed by atoms with Crippen molar-refractivity contribution < 1.29 is 9.84 Å². The normalized spacial score (nSPS) is 14.2. The molecule has 0 saturated carbocycles. The van der Waals surface area contributed by atoms with Crippen molar-refractivity contribution in [1.29, 1.82) is 0 Å². The van der Waals surface area contributed by atoms with Gasteiger partial charge in [-0.2, -0.15) is 0 Å². The second kappa shape index (κ2) is 8.11. The summed E-state index contributed by atoms with van der Waals surface area (Å²) in [6.07, 6.45) is 3.11. The van der Waals surface area contributed by atoms with Crippen molar-refractivity contribution in [2.75, 3.05) is 13.7 Å². The first-order valence-corrected chi connectivity index (χ1v) is 6.72. The Kier molecular flexibility index (Phi) is 6.76. The zero-order chi connectivity index (χ0) is 13.4. The fourth-order valence-electron chi connectivity index (χ4n) is 1.89. The Hall–Kier alpha value is -1.06. The lowest BCUT2D eigenvalue weighted by Crippen LogP contribution is -2.30. The lowest BCUT2D eigenvalue weighted by Gasteiger charge is -2.17. The number of benzene rings is 1. The predicted molar refractivity (Wildman–Crippen MR) is 74.9 cm³/mol. The van der Waals surface area contributed by atoms with Gasteiger partial charge in [0.25, 0.3) is 0 Å². The molecule has 1 aromatic rings. The zero-order valence-corrected chi connectivity index (χ0v) is 11.6. The SMILES string of the molecule is CCCCC(C)NCC(O)c1cccc(OC)c1. The molecule has 0 fully saturated rings. The molecule has 1 rings (SSSR count). The highest BCUT2D eigenvalue weighted by atomic mass is 16.5. The Morgan fingerprint density at radius 3 is 2.83 bits per heavy atom. The first kappa shape index (κ1) is 15.0. The number of rotatable bonds is 8. The molecule has 3 nitrogen and oxygen atoms in total. The average molecular weight is 251 g/mol. The highest BCUT2D eigenvalue weighted by Crippen LogP contribution is 2.18. The highest BCUT2D eigenvalue weighted by molar-refractivity contribution is 5.29. The highest BCUT2D eigenvalue weighted by Gasteiger charge is 2.09. The monoisotopic (exact) mass is 251 g/mol. The van der Waals surface area contributed by atoms with Crippen molar-refractivity contribution in [2.45, 2.75) is 45.3 Å². The van der Waals surface area contributed by atoms with E-state index in [4.69, 9.17) is 4.74 Å². The Labute approximate surface area is 110 Å². The molecule has 1 aromatic carbocycles. The zero-order valence-electron chi connectivity index (χ0n) is 11.6. The number of methoxy groups -OCH3 is 1. The molecular formula is C15H25NO2. The fourth-order valence-corrected chi connectivity index (χ4v) is 1.89. The molecule has 0 amide bonds. The fraction of sp³-hybridized carbons (Fsp3) is 0.600. The largest absolute Gasteiger partial charge is 0.497 e. The van der Waals surface area contributed by atoms with Gasteiger partial charge in [0.2, 0.25) is 0 Å². The minimum Gasteiger partial charge on any atom is -0.497 e. The third-order valence-corrected chi connectivity index (χ3v) is 3.13. The second-order valence-electron chi connectivity index (χ2n) is 4.74. The average Bonchev–Trinajstić information content (AvgIpc) is 2.42. The van der Waals surface area contributed by atoms with Gasteiger partial charge in [-0.1, -0.05) is 31.9 Å². The van der Waals surface area contributed by atoms with E-state index in [-0.39, 0.29) is 0 Å². The summed E-state index contributed by atoms with van der Waals surface area (Å²) in [7, 11) is 1.64. The van der Waals surface area contributed by atoms with Crippen LogP contribution in [0.4, 0.5) is 0 Å². The van der Waals surface area contributed by atoms with Crippen LogP contribution < -0.4 is 10.1 Å². The number of hydrogen-bond acceptors (Lipinski definition) is 3. The molecule has 18 heavy (non-hydrogen) atoms. The molecule has 0 aromatic heterocycles. The standard InChI is InChI=1S/C15H25NO2/c1-4-5-7-12(2)16-11-15(17)13-8-6-9-14(10-13)18-3/h6,8-10,12,15-17H,4-5,7,11H2,1-3H3. The van der Waals surface area contributed by atoms with Crippen LogP contribution in [0.25, 0.3) is 0 Å². The second-order valence-corrected chi connectivity index (χ2v) is 4.74. The summed E-state index contributed by atoms with van der Waals surface area (Å²) in [6, 6.07) is 8.03. The van der Waals surface area contributed by atoms with Gasteiger partial charge in [0.05, 0.1) is 13.2 Å². The molecule has 0 spiro atoms. The maximum Gasteiger partial charge on any atom is 0.119 e. The van der Waals surface area contributed by atoms with Crippen LogP contribution in [-0.4, -0.2) is 24.8 Å². The third-order valence-electron chi connectivity index (χ3n) is 3.13. The maximum absolute atomic E-state index is 10.1. The third kappa shape index (κ3) is 5.07. The summed E-state index contributed by atoms with van der Waals surface area (Å²) in [4.78, 5) is 0. The summed E-state index contributed by atoms with van der Waals surface area (Å²) in [6.45, 7) is 4.93. The quantitative estimate of drug-likeness (QED) is 0.746. The van der Waals surface area contributed by atoms with E-state index in [1.165, 1.54) is 12.8 Å². The Morgan fingerprint density at radius 1 is 1.39 bits per heavy atom. The molecular weight excluding hydrogens is 226 g/mol. The smallest absolute Gasteiger partial charge is 0.119 e. The van der Waals surface area contributed by atoms with Crippen LogP contribution in [0, 0.1) is 0 Å². The van der Waals surface area contributed by atoms with E-state index >= 15 is 0 Å². The van der Waals surface area contributed by atoms with Crippen molar-refractivity contribution in [3.8, 4) is 5.75 Å². The molecule has 0 heterocycles. The van der Waals surface area contributed by atoms with Crippen molar-refractivity contribution >= 4 is 0 Å². The summed E-state index contributed by atoms with van der Waals surface area (Å²) in [5.41, 5.74) is 0.893. The number of unbranched alkanes of at least 4 members (excludes halogenated alkanes) is 1. The van der Waals surface area contributed by atoms with Gasteiger partial charge >= 0.3 is 0 Å². The Balaban J connectivity index is 2.41. The maximum atomic E-state index is 10.1. The first-order chi connectivity index (χ1) is 8.67. The van der Waals surface area contributed by atoms with Crippen LogP contribution >= 0.6 is 0 Å². The van der Waals surface area contributed by atoms with Gasteiger partial charge in [0.15, 0.2) is 0 Å². The van der Waals surface area contributed by atoms with Crippen LogP contribution in [-0.2, 0) is 0 Å². The minimum absolute atomic E-state index is 0.449. The topological polar surface area (TPSA) is 41.5 Å². The van der Waals surface area contributed by atoms with Crippen LogP contribution in [0.3, 0.4) is 0 Å². The Bertz CT molecular complexity index is 341.